The minimum atomic E-state index is -0.471. The zero-order chi connectivity index (χ0) is 27.4. The molecule has 39 heavy (non-hydrogen) atoms. The number of piperidine rings is 1. The summed E-state index contributed by atoms with van der Waals surface area (Å²) < 4.78 is 11.8. The third-order valence-corrected chi connectivity index (χ3v) is 7.13. The predicted octanol–water partition coefficient (Wildman–Crippen LogP) is 6.53. The Morgan fingerprint density at radius 1 is 1.08 bits per heavy atom. The molecule has 4 heterocycles. The van der Waals surface area contributed by atoms with Gasteiger partial charge >= 0.3 is 6.09 Å². The lowest BCUT2D eigenvalue weighted by Crippen LogP contribution is -2.41. The van der Waals surface area contributed by atoms with E-state index < -0.39 is 5.60 Å². The van der Waals surface area contributed by atoms with E-state index in [0.717, 1.165) is 73.4 Å². The number of amides is 1. The molecule has 0 aliphatic carbocycles. The lowest BCUT2D eigenvalue weighted by Gasteiger charge is -2.33. The highest BCUT2D eigenvalue weighted by Gasteiger charge is 2.26. The van der Waals surface area contributed by atoms with E-state index in [1.54, 1.807) is 12.4 Å². The molecule has 1 aromatic carbocycles. The van der Waals surface area contributed by atoms with Crippen molar-refractivity contribution in [2.24, 2.45) is 5.92 Å². The third-order valence-electron chi connectivity index (χ3n) is 6.85. The summed E-state index contributed by atoms with van der Waals surface area (Å²) in [7, 11) is 0. The average Bonchev–Trinajstić information content (AvgIpc) is 2.90. The Hall–Kier alpha value is -3.59. The molecule has 6 bridgehead atoms. The van der Waals surface area contributed by atoms with Crippen molar-refractivity contribution >= 4 is 40.8 Å². The molecule has 0 atom stereocenters. The number of hydrogen-bond acceptors (Lipinski definition) is 8. The van der Waals surface area contributed by atoms with E-state index in [4.69, 9.17) is 21.1 Å². The lowest BCUT2D eigenvalue weighted by atomic mass is 9.94. The summed E-state index contributed by atoms with van der Waals surface area (Å²) in [5, 5.41) is 6.96. The van der Waals surface area contributed by atoms with E-state index in [1.807, 2.05) is 44.0 Å². The van der Waals surface area contributed by atoms with E-state index in [2.05, 4.69) is 37.7 Å². The number of aryl methyl sites for hydroxylation is 2. The number of pyridine rings is 1. The summed E-state index contributed by atoms with van der Waals surface area (Å²) in [6, 6.07) is 8.13. The smallest absolute Gasteiger partial charge is 0.410 e. The van der Waals surface area contributed by atoms with E-state index in [9.17, 15) is 4.79 Å². The molecule has 0 saturated carbocycles. The molecular weight excluding hydrogens is 516 g/mol. The van der Waals surface area contributed by atoms with Crippen LogP contribution in [0.15, 0.2) is 42.9 Å². The van der Waals surface area contributed by atoms with Crippen molar-refractivity contribution in [1.29, 1.82) is 0 Å². The van der Waals surface area contributed by atoms with Crippen molar-refractivity contribution in [3.05, 3.63) is 59.0 Å². The molecule has 206 valence electrons. The molecule has 10 heteroatoms. The summed E-state index contributed by atoms with van der Waals surface area (Å²) in [4.78, 5) is 27.4. The largest absolute Gasteiger partial charge is 0.493 e. The highest BCUT2D eigenvalue weighted by atomic mass is 35.5. The molecule has 0 radical (unpaired) electrons. The maximum absolute atomic E-state index is 12.4. The van der Waals surface area contributed by atoms with Crippen molar-refractivity contribution in [3.8, 4) is 5.75 Å². The van der Waals surface area contributed by atoms with E-state index in [1.165, 1.54) is 0 Å². The zero-order valence-electron chi connectivity index (χ0n) is 22.7. The molecule has 2 N–H and O–H groups in total. The Kier molecular flexibility index (Phi) is 8.07. The normalized spacial score (nSPS) is 15.6. The first-order valence-electron chi connectivity index (χ1n) is 13.5. The standard InChI is InChI=1S/C29H35ClN6O3/c1-29(2,3)39-28(37)36-11-8-19(9-12-36)10-13-38-25-7-6-22-15-21(25)5-4-20-14-23(17-31-16-20)34-27-32-18-24(30)26(33-22)35-27/h6-7,14-19H,4-5,8-13H2,1-3H3,(H2,32,33,34,35). The Morgan fingerprint density at radius 3 is 2.69 bits per heavy atom. The van der Waals surface area contributed by atoms with Gasteiger partial charge in [-0.3, -0.25) is 4.98 Å². The molecule has 2 aromatic heterocycles. The highest BCUT2D eigenvalue weighted by Crippen LogP contribution is 2.31. The summed E-state index contributed by atoms with van der Waals surface area (Å²) >= 11 is 6.38. The maximum Gasteiger partial charge on any atom is 0.410 e. The van der Waals surface area contributed by atoms with Gasteiger partial charge in [-0.05, 0) is 94.2 Å². The van der Waals surface area contributed by atoms with Gasteiger partial charge in [-0.1, -0.05) is 11.6 Å². The number of ether oxygens (including phenoxy) is 2. The van der Waals surface area contributed by atoms with Crippen molar-refractivity contribution < 1.29 is 14.3 Å². The topological polar surface area (TPSA) is 102 Å². The van der Waals surface area contributed by atoms with E-state index in [0.29, 0.717) is 29.3 Å². The second-order valence-electron chi connectivity index (χ2n) is 11.1. The van der Waals surface area contributed by atoms with Gasteiger partial charge in [-0.15, -0.1) is 0 Å². The number of hydrogen-bond donors (Lipinski definition) is 2. The van der Waals surface area contributed by atoms with Crippen LogP contribution in [-0.2, 0) is 17.6 Å². The van der Waals surface area contributed by atoms with Gasteiger partial charge in [0.2, 0.25) is 5.95 Å². The number of nitrogens with one attached hydrogen (secondary N) is 2. The summed E-state index contributed by atoms with van der Waals surface area (Å²) in [5.41, 5.74) is 3.43. The van der Waals surface area contributed by atoms with Crippen LogP contribution in [0.25, 0.3) is 0 Å². The van der Waals surface area contributed by atoms with Gasteiger partial charge in [0.15, 0.2) is 5.82 Å². The van der Waals surface area contributed by atoms with Gasteiger partial charge in [0.25, 0.3) is 0 Å². The third kappa shape index (κ3) is 7.29. The molecule has 1 saturated heterocycles. The summed E-state index contributed by atoms with van der Waals surface area (Å²) in [6.45, 7) is 7.76. The summed E-state index contributed by atoms with van der Waals surface area (Å²) in [5.74, 6) is 2.36. The van der Waals surface area contributed by atoms with Crippen molar-refractivity contribution in [1.82, 2.24) is 19.9 Å². The van der Waals surface area contributed by atoms with Crippen LogP contribution in [-0.4, -0.2) is 51.2 Å². The number of fused-ring (bicyclic) bond motifs is 6. The van der Waals surface area contributed by atoms with Crippen LogP contribution in [0.4, 0.5) is 27.9 Å². The quantitative estimate of drug-likeness (QED) is 0.378. The minimum absolute atomic E-state index is 0.220. The van der Waals surface area contributed by atoms with Crippen LogP contribution in [0.2, 0.25) is 5.02 Å². The first kappa shape index (κ1) is 27.0. The van der Waals surface area contributed by atoms with Crippen LogP contribution in [0, 0.1) is 5.92 Å². The van der Waals surface area contributed by atoms with Crippen LogP contribution in [0.3, 0.4) is 0 Å². The van der Waals surface area contributed by atoms with Crippen LogP contribution >= 0.6 is 11.6 Å². The maximum atomic E-state index is 12.4. The van der Waals surface area contributed by atoms with Crippen LogP contribution in [0.5, 0.6) is 5.75 Å². The Bertz CT molecular complexity index is 1320. The molecule has 0 spiro atoms. The fourth-order valence-electron chi connectivity index (χ4n) is 4.81. The predicted molar refractivity (Wildman–Crippen MR) is 152 cm³/mol. The highest BCUT2D eigenvalue weighted by molar-refractivity contribution is 6.32. The molecule has 1 fully saturated rings. The number of anilines is 4. The number of rotatable bonds is 4. The monoisotopic (exact) mass is 550 g/mol. The SMILES string of the molecule is CC(C)(C)OC(=O)N1CCC(CCOc2ccc3cc2CCc2cncc(c2)Nc2ncc(Cl)c(n2)N3)CC1. The Morgan fingerprint density at radius 2 is 1.90 bits per heavy atom. The number of carbonyl (C=O) groups excluding carboxylic acids is 1. The first-order chi connectivity index (χ1) is 18.7. The lowest BCUT2D eigenvalue weighted by molar-refractivity contribution is 0.0177. The van der Waals surface area contributed by atoms with Crippen molar-refractivity contribution in [2.75, 3.05) is 30.3 Å². The number of aromatic nitrogens is 3. The number of carbonyl (C=O) groups is 1. The number of nitrogens with zero attached hydrogens (tertiary/aromatic N) is 4. The Labute approximate surface area is 234 Å². The van der Waals surface area contributed by atoms with Crippen LogP contribution in [0.1, 0.15) is 51.2 Å². The number of likely N-dealkylation sites (tertiary alicyclic amines) is 1. The van der Waals surface area contributed by atoms with Gasteiger partial charge in [0, 0.05) is 25.0 Å². The van der Waals surface area contributed by atoms with Gasteiger partial charge < -0.3 is 25.0 Å². The van der Waals surface area contributed by atoms with Gasteiger partial charge in [0.1, 0.15) is 16.4 Å². The van der Waals surface area contributed by atoms with E-state index in [-0.39, 0.29) is 6.09 Å². The molecule has 2 aliphatic rings. The minimum Gasteiger partial charge on any atom is -0.493 e. The van der Waals surface area contributed by atoms with Gasteiger partial charge in [0.05, 0.1) is 24.7 Å². The number of halogens is 1. The van der Waals surface area contributed by atoms with Crippen molar-refractivity contribution in [2.45, 2.75) is 58.5 Å². The van der Waals surface area contributed by atoms with Gasteiger partial charge in [-0.2, -0.15) is 4.98 Å². The first-order valence-corrected chi connectivity index (χ1v) is 13.8. The van der Waals surface area contributed by atoms with Crippen LogP contribution < -0.4 is 15.4 Å². The zero-order valence-corrected chi connectivity index (χ0v) is 23.4. The van der Waals surface area contributed by atoms with E-state index >= 15 is 0 Å². The fraction of sp³-hybridized carbons (Fsp3) is 0.448. The van der Waals surface area contributed by atoms with Gasteiger partial charge in [-0.25, -0.2) is 9.78 Å². The molecule has 2 aliphatic heterocycles. The molecular formula is C29H35ClN6O3. The fourth-order valence-corrected chi connectivity index (χ4v) is 4.95. The molecule has 5 rings (SSSR count). The molecule has 9 nitrogen and oxygen atoms in total. The molecule has 1 amide bonds. The summed E-state index contributed by atoms with van der Waals surface area (Å²) in [6.07, 6.45) is 9.44. The Balaban J connectivity index is 1.24. The molecule has 0 unspecified atom stereocenters. The second kappa shape index (κ2) is 11.7. The number of benzene rings is 1. The van der Waals surface area contributed by atoms with Crippen molar-refractivity contribution in [3.63, 3.8) is 0 Å². The average molecular weight is 551 g/mol. The second-order valence-corrected chi connectivity index (χ2v) is 11.5. The molecule has 3 aromatic rings.